The van der Waals surface area contributed by atoms with Gasteiger partial charge in [-0.1, -0.05) is 15.9 Å². The summed E-state index contributed by atoms with van der Waals surface area (Å²) >= 11 is 10.3. The Hall–Kier alpha value is -0.390. The van der Waals surface area contributed by atoms with Gasteiger partial charge in [0.05, 0.1) is 17.6 Å². The van der Waals surface area contributed by atoms with Gasteiger partial charge >= 0.3 is 0 Å². The zero-order chi connectivity index (χ0) is 11.5. The van der Waals surface area contributed by atoms with Crippen LogP contribution in [0.3, 0.4) is 0 Å². The van der Waals surface area contributed by atoms with E-state index in [-0.39, 0.29) is 0 Å². The van der Waals surface area contributed by atoms with Crippen molar-refractivity contribution in [3.8, 4) is 0 Å². The van der Waals surface area contributed by atoms with Crippen LogP contribution in [0.25, 0.3) is 0 Å². The average Bonchev–Trinajstić information content (AvgIpc) is 2.22. The van der Waals surface area contributed by atoms with Gasteiger partial charge in [0.25, 0.3) is 0 Å². The van der Waals surface area contributed by atoms with E-state index in [1.807, 2.05) is 24.3 Å². The first-order chi connectivity index (χ1) is 7.65. The van der Waals surface area contributed by atoms with Crippen LogP contribution in [0.15, 0.2) is 50.1 Å². The topological polar surface area (TPSA) is 24.9 Å². The van der Waals surface area contributed by atoms with E-state index in [1.165, 1.54) is 0 Å². The summed E-state index contributed by atoms with van der Waals surface area (Å²) in [6.45, 7) is 0. The van der Waals surface area contributed by atoms with Crippen molar-refractivity contribution < 1.29 is 0 Å². The Bertz CT molecular complexity index is 514. The third-order valence-corrected chi connectivity index (χ3v) is 3.50. The summed E-state index contributed by atoms with van der Waals surface area (Å²) < 4.78 is 2.99. The molecule has 1 heterocycles. The number of pyridine rings is 1. The SMILES string of the molecule is Brc1cncc(Nc2ccc(Br)cc2Br)c1. The smallest absolute Gasteiger partial charge is 0.0582 e. The molecule has 0 aliphatic heterocycles. The first kappa shape index (κ1) is 12.1. The summed E-state index contributed by atoms with van der Waals surface area (Å²) in [5.41, 5.74) is 1.94. The average molecular weight is 407 g/mol. The molecule has 0 spiro atoms. The fraction of sp³-hybridized carbons (Fsp3) is 0. The lowest BCUT2D eigenvalue weighted by atomic mass is 10.3. The van der Waals surface area contributed by atoms with Gasteiger partial charge in [0.1, 0.15) is 0 Å². The molecule has 16 heavy (non-hydrogen) atoms. The van der Waals surface area contributed by atoms with Crippen LogP contribution in [0.2, 0.25) is 0 Å². The number of anilines is 2. The van der Waals surface area contributed by atoms with E-state index in [1.54, 1.807) is 12.4 Å². The van der Waals surface area contributed by atoms with Crippen LogP contribution in [0.5, 0.6) is 0 Å². The third kappa shape index (κ3) is 3.06. The Morgan fingerprint density at radius 2 is 1.75 bits per heavy atom. The van der Waals surface area contributed by atoms with Crippen molar-refractivity contribution >= 4 is 59.2 Å². The van der Waals surface area contributed by atoms with Gasteiger partial charge in [-0.15, -0.1) is 0 Å². The molecule has 1 N–H and O–H groups in total. The molecule has 0 amide bonds. The predicted octanol–water partition coefficient (Wildman–Crippen LogP) is 5.11. The summed E-state index contributed by atoms with van der Waals surface area (Å²) in [5, 5.41) is 3.28. The fourth-order valence-electron chi connectivity index (χ4n) is 1.23. The first-order valence-electron chi connectivity index (χ1n) is 4.48. The lowest BCUT2D eigenvalue weighted by molar-refractivity contribution is 1.30. The Balaban J connectivity index is 2.27. The highest BCUT2D eigenvalue weighted by Gasteiger charge is 2.01. The van der Waals surface area contributed by atoms with Gasteiger partial charge in [-0.3, -0.25) is 4.98 Å². The third-order valence-electron chi connectivity index (χ3n) is 1.92. The minimum Gasteiger partial charge on any atom is -0.353 e. The molecule has 0 radical (unpaired) electrons. The maximum Gasteiger partial charge on any atom is 0.0582 e. The van der Waals surface area contributed by atoms with Crippen molar-refractivity contribution in [1.82, 2.24) is 4.98 Å². The minimum absolute atomic E-state index is 0.942. The lowest BCUT2D eigenvalue weighted by Gasteiger charge is -2.08. The molecule has 0 aliphatic rings. The molecular weight excluding hydrogens is 400 g/mol. The Labute approximate surface area is 119 Å². The molecule has 2 nitrogen and oxygen atoms in total. The summed E-state index contributed by atoms with van der Waals surface area (Å²) in [6, 6.07) is 7.95. The number of nitrogens with zero attached hydrogens (tertiary/aromatic N) is 1. The van der Waals surface area contributed by atoms with Gasteiger partial charge in [0.15, 0.2) is 0 Å². The van der Waals surface area contributed by atoms with Crippen molar-refractivity contribution in [2.45, 2.75) is 0 Å². The number of hydrogen-bond acceptors (Lipinski definition) is 2. The van der Waals surface area contributed by atoms with Crippen LogP contribution in [0, 0.1) is 0 Å². The zero-order valence-corrected chi connectivity index (χ0v) is 12.8. The molecule has 1 aromatic carbocycles. The molecule has 2 rings (SSSR count). The van der Waals surface area contributed by atoms with Gasteiger partial charge in [-0.25, -0.2) is 0 Å². The van der Waals surface area contributed by atoms with E-state index in [9.17, 15) is 0 Å². The van der Waals surface area contributed by atoms with Gasteiger partial charge in [0.2, 0.25) is 0 Å². The number of rotatable bonds is 2. The molecule has 0 unspecified atom stereocenters. The van der Waals surface area contributed by atoms with Crippen LogP contribution >= 0.6 is 47.8 Å². The van der Waals surface area contributed by atoms with Gasteiger partial charge in [0, 0.05) is 19.6 Å². The molecule has 82 valence electrons. The van der Waals surface area contributed by atoms with E-state index < -0.39 is 0 Å². The van der Waals surface area contributed by atoms with Crippen LogP contribution in [-0.2, 0) is 0 Å². The minimum atomic E-state index is 0.942. The monoisotopic (exact) mass is 404 g/mol. The molecular formula is C11H7Br3N2. The Morgan fingerprint density at radius 1 is 0.938 bits per heavy atom. The summed E-state index contributed by atoms with van der Waals surface area (Å²) in [6.07, 6.45) is 3.53. The van der Waals surface area contributed by atoms with Crippen LogP contribution < -0.4 is 5.32 Å². The van der Waals surface area contributed by atoms with Crippen molar-refractivity contribution in [3.05, 3.63) is 50.1 Å². The summed E-state index contributed by atoms with van der Waals surface area (Å²) in [4.78, 5) is 4.09. The van der Waals surface area contributed by atoms with Crippen LogP contribution in [-0.4, -0.2) is 4.98 Å². The normalized spacial score (nSPS) is 10.2. The van der Waals surface area contributed by atoms with E-state index in [4.69, 9.17) is 0 Å². The summed E-state index contributed by atoms with van der Waals surface area (Å²) in [5.74, 6) is 0. The quantitative estimate of drug-likeness (QED) is 0.749. The van der Waals surface area contributed by atoms with Crippen molar-refractivity contribution in [2.24, 2.45) is 0 Å². The Kier molecular flexibility index (Phi) is 4.00. The molecule has 0 saturated heterocycles. The molecule has 0 saturated carbocycles. The second-order valence-electron chi connectivity index (χ2n) is 3.14. The number of aromatic nitrogens is 1. The van der Waals surface area contributed by atoms with E-state index >= 15 is 0 Å². The molecule has 2 aromatic rings. The number of benzene rings is 1. The van der Waals surface area contributed by atoms with Gasteiger partial charge in [-0.2, -0.15) is 0 Å². The molecule has 0 bridgehead atoms. The highest BCUT2D eigenvalue weighted by Crippen LogP contribution is 2.29. The second-order valence-corrected chi connectivity index (χ2v) is 5.83. The highest BCUT2D eigenvalue weighted by molar-refractivity contribution is 9.11. The fourth-order valence-corrected chi connectivity index (χ4v) is 2.74. The van der Waals surface area contributed by atoms with Gasteiger partial charge in [-0.05, 0) is 56.1 Å². The molecule has 0 fully saturated rings. The number of hydrogen-bond donors (Lipinski definition) is 1. The van der Waals surface area contributed by atoms with Crippen molar-refractivity contribution in [1.29, 1.82) is 0 Å². The van der Waals surface area contributed by atoms with Crippen LogP contribution in [0.1, 0.15) is 0 Å². The molecule has 0 aliphatic carbocycles. The standard InChI is InChI=1S/C11H7Br3N2/c12-7-1-2-11(10(14)4-7)16-9-3-8(13)5-15-6-9/h1-6,16H. The van der Waals surface area contributed by atoms with Crippen molar-refractivity contribution in [2.75, 3.05) is 5.32 Å². The first-order valence-corrected chi connectivity index (χ1v) is 6.86. The molecule has 5 heteroatoms. The van der Waals surface area contributed by atoms with Gasteiger partial charge < -0.3 is 5.32 Å². The van der Waals surface area contributed by atoms with E-state index in [2.05, 4.69) is 58.1 Å². The second kappa shape index (κ2) is 5.29. The van der Waals surface area contributed by atoms with E-state index in [0.29, 0.717) is 0 Å². The van der Waals surface area contributed by atoms with Crippen molar-refractivity contribution in [3.63, 3.8) is 0 Å². The molecule has 1 aromatic heterocycles. The Morgan fingerprint density at radius 3 is 2.44 bits per heavy atom. The van der Waals surface area contributed by atoms with Crippen LogP contribution in [0.4, 0.5) is 11.4 Å². The number of halogens is 3. The van der Waals surface area contributed by atoms with E-state index in [0.717, 1.165) is 24.8 Å². The number of nitrogens with one attached hydrogen (secondary N) is 1. The molecule has 0 atom stereocenters. The maximum absolute atomic E-state index is 4.09. The largest absolute Gasteiger partial charge is 0.353 e. The predicted molar refractivity (Wildman–Crippen MR) is 77.1 cm³/mol. The lowest BCUT2D eigenvalue weighted by Crippen LogP contribution is -1.92. The zero-order valence-electron chi connectivity index (χ0n) is 8.05. The highest BCUT2D eigenvalue weighted by atomic mass is 79.9. The maximum atomic E-state index is 4.09. The summed E-state index contributed by atoms with van der Waals surface area (Å²) in [7, 11) is 0.